The summed E-state index contributed by atoms with van der Waals surface area (Å²) in [6.07, 6.45) is 0. The first-order chi connectivity index (χ1) is 9.81. The summed E-state index contributed by atoms with van der Waals surface area (Å²) in [6, 6.07) is 6.28. The van der Waals surface area contributed by atoms with Crippen molar-refractivity contribution in [2.24, 2.45) is 4.99 Å². The third-order valence-corrected chi connectivity index (χ3v) is 4.23. The molecule has 1 aliphatic rings. The van der Waals surface area contributed by atoms with Gasteiger partial charge < -0.3 is 10.0 Å². The van der Waals surface area contributed by atoms with E-state index in [2.05, 4.69) is 9.71 Å². The Kier molecular flexibility index (Phi) is 3.94. The maximum Gasteiger partial charge on any atom is 0.323 e. The molecular formula is C12H13N3O5S. The first kappa shape index (κ1) is 15.0. The van der Waals surface area contributed by atoms with Crippen molar-refractivity contribution >= 4 is 27.7 Å². The molecule has 0 aliphatic carbocycles. The highest BCUT2D eigenvalue weighted by atomic mass is 32.2. The number of nitrogens with zero attached hydrogens (tertiary/aromatic N) is 2. The molecule has 21 heavy (non-hydrogen) atoms. The molecule has 9 heteroatoms. The van der Waals surface area contributed by atoms with Crippen molar-refractivity contribution in [3.63, 3.8) is 0 Å². The molecule has 0 saturated carbocycles. The lowest BCUT2D eigenvalue weighted by Crippen LogP contribution is -2.34. The van der Waals surface area contributed by atoms with Gasteiger partial charge in [0.1, 0.15) is 18.9 Å². The summed E-state index contributed by atoms with van der Waals surface area (Å²) < 4.78 is 25.9. The van der Waals surface area contributed by atoms with Gasteiger partial charge in [0.2, 0.25) is 5.91 Å². The average Bonchev–Trinajstić information content (AvgIpc) is 2.67. The summed E-state index contributed by atoms with van der Waals surface area (Å²) in [6.45, 7) is -0.776. The number of rotatable bonds is 4. The molecule has 1 aliphatic heterocycles. The van der Waals surface area contributed by atoms with Crippen LogP contribution in [0.4, 0.5) is 0 Å². The van der Waals surface area contributed by atoms with Crippen LogP contribution in [0, 0.1) is 0 Å². The zero-order valence-electron chi connectivity index (χ0n) is 11.1. The van der Waals surface area contributed by atoms with Crippen molar-refractivity contribution < 1.29 is 23.1 Å². The summed E-state index contributed by atoms with van der Waals surface area (Å²) in [5.74, 6) is -1.57. The van der Waals surface area contributed by atoms with E-state index in [1.165, 1.54) is 13.1 Å². The molecule has 0 bridgehead atoms. The number of aliphatic carboxylic acids is 1. The second-order valence-electron chi connectivity index (χ2n) is 4.41. The van der Waals surface area contributed by atoms with E-state index in [0.717, 1.165) is 4.90 Å². The third kappa shape index (κ3) is 3.19. The van der Waals surface area contributed by atoms with E-state index in [9.17, 15) is 18.0 Å². The molecule has 0 saturated heterocycles. The molecule has 1 aromatic rings. The predicted molar refractivity (Wildman–Crippen MR) is 73.4 cm³/mol. The molecule has 1 aromatic carbocycles. The summed E-state index contributed by atoms with van der Waals surface area (Å²) in [7, 11) is -2.31. The fourth-order valence-electron chi connectivity index (χ4n) is 1.81. The van der Waals surface area contributed by atoms with Crippen molar-refractivity contribution in [3.05, 3.63) is 29.8 Å². The molecule has 0 atom stereocenters. The fourth-order valence-corrected chi connectivity index (χ4v) is 3.06. The fraction of sp³-hybridized carbons (Fsp3) is 0.250. The van der Waals surface area contributed by atoms with Gasteiger partial charge in [-0.25, -0.2) is 8.42 Å². The largest absolute Gasteiger partial charge is 0.480 e. The number of nitrogens with one attached hydrogen (secondary N) is 1. The van der Waals surface area contributed by atoms with Gasteiger partial charge in [0.05, 0.1) is 4.90 Å². The topological polar surface area (TPSA) is 116 Å². The second kappa shape index (κ2) is 5.52. The summed E-state index contributed by atoms with van der Waals surface area (Å²) in [4.78, 5) is 27.2. The highest BCUT2D eigenvalue weighted by Crippen LogP contribution is 2.21. The van der Waals surface area contributed by atoms with Crippen LogP contribution in [0.15, 0.2) is 34.2 Å². The molecule has 0 fully saturated rings. The van der Waals surface area contributed by atoms with Gasteiger partial charge in [0.25, 0.3) is 10.0 Å². The molecule has 2 N–H and O–H groups in total. The van der Waals surface area contributed by atoms with Crippen LogP contribution in [-0.4, -0.2) is 56.3 Å². The summed E-state index contributed by atoms with van der Waals surface area (Å²) in [5.41, 5.74) is 0.395. The molecule has 1 amide bonds. The van der Waals surface area contributed by atoms with Crippen LogP contribution in [0.25, 0.3) is 0 Å². The zero-order chi connectivity index (χ0) is 15.6. The van der Waals surface area contributed by atoms with Crippen LogP contribution in [0.3, 0.4) is 0 Å². The molecule has 8 nitrogen and oxygen atoms in total. The van der Waals surface area contributed by atoms with Crippen molar-refractivity contribution in [3.8, 4) is 0 Å². The van der Waals surface area contributed by atoms with Crippen LogP contribution in [0.1, 0.15) is 5.56 Å². The number of amides is 1. The van der Waals surface area contributed by atoms with Crippen LogP contribution >= 0.6 is 0 Å². The van der Waals surface area contributed by atoms with E-state index in [1.807, 2.05) is 0 Å². The highest BCUT2D eigenvalue weighted by molar-refractivity contribution is 7.90. The molecule has 2 rings (SSSR count). The first-order valence-corrected chi connectivity index (χ1v) is 7.42. The van der Waals surface area contributed by atoms with E-state index >= 15 is 0 Å². The minimum atomic E-state index is -3.64. The minimum absolute atomic E-state index is 0.0858. The van der Waals surface area contributed by atoms with Crippen LogP contribution in [0.2, 0.25) is 0 Å². The number of carboxylic acid groups (broad SMARTS) is 1. The van der Waals surface area contributed by atoms with E-state index in [0.29, 0.717) is 5.56 Å². The summed E-state index contributed by atoms with van der Waals surface area (Å²) >= 11 is 0. The molecule has 0 spiro atoms. The molecule has 1 heterocycles. The first-order valence-electron chi connectivity index (χ1n) is 5.93. The monoisotopic (exact) mass is 311 g/mol. The summed E-state index contributed by atoms with van der Waals surface area (Å²) in [5, 5.41) is 8.59. The SMILES string of the molecule is CN(CC(=O)O)C(=O)CN=C1NS(=O)(=O)c2ccccc21. The van der Waals surface area contributed by atoms with Gasteiger partial charge in [-0.05, 0) is 12.1 Å². The van der Waals surface area contributed by atoms with Crippen LogP contribution in [0.5, 0.6) is 0 Å². The lowest BCUT2D eigenvalue weighted by molar-refractivity contribution is -0.142. The lowest BCUT2D eigenvalue weighted by atomic mass is 10.2. The Morgan fingerprint density at radius 1 is 1.33 bits per heavy atom. The van der Waals surface area contributed by atoms with Crippen molar-refractivity contribution in [1.82, 2.24) is 9.62 Å². The third-order valence-electron chi connectivity index (χ3n) is 2.83. The Balaban J connectivity index is 2.17. The van der Waals surface area contributed by atoms with Crippen molar-refractivity contribution in [1.29, 1.82) is 0 Å². The Morgan fingerprint density at radius 3 is 2.67 bits per heavy atom. The Hall–Kier alpha value is -2.42. The standard InChI is InChI=1S/C12H13N3O5S/c1-15(7-11(17)18)10(16)6-13-12-8-4-2-3-5-9(8)21(19,20)14-12/h2-5H,6-7H2,1H3,(H,13,14)(H,17,18). The van der Waals surface area contributed by atoms with Gasteiger partial charge >= 0.3 is 5.97 Å². The van der Waals surface area contributed by atoms with Crippen LogP contribution < -0.4 is 4.72 Å². The molecule has 0 aromatic heterocycles. The Bertz CT molecular complexity index is 726. The number of aliphatic imine (C=N–C) groups is 1. The van der Waals surface area contributed by atoms with Gasteiger partial charge in [-0.2, -0.15) is 0 Å². The van der Waals surface area contributed by atoms with Crippen molar-refractivity contribution in [2.75, 3.05) is 20.1 Å². The van der Waals surface area contributed by atoms with E-state index < -0.39 is 28.4 Å². The van der Waals surface area contributed by atoms with Gasteiger partial charge in [-0.1, -0.05) is 12.1 Å². The normalized spacial score (nSPS) is 17.1. The number of fused-ring (bicyclic) bond motifs is 1. The number of likely N-dealkylation sites (N-methyl/N-ethyl adjacent to an activating group) is 1. The molecule has 0 unspecified atom stereocenters. The van der Waals surface area contributed by atoms with Gasteiger partial charge in [-0.15, -0.1) is 0 Å². The zero-order valence-corrected chi connectivity index (χ0v) is 11.9. The number of hydrogen-bond donors (Lipinski definition) is 2. The number of hydrogen-bond acceptors (Lipinski definition) is 5. The van der Waals surface area contributed by atoms with Gasteiger partial charge in [0.15, 0.2) is 0 Å². The minimum Gasteiger partial charge on any atom is -0.480 e. The number of carbonyl (C=O) groups excluding carboxylic acids is 1. The molecule has 112 valence electrons. The second-order valence-corrected chi connectivity index (χ2v) is 6.06. The van der Waals surface area contributed by atoms with E-state index in [-0.39, 0.29) is 17.3 Å². The smallest absolute Gasteiger partial charge is 0.323 e. The number of sulfonamides is 1. The quantitative estimate of drug-likeness (QED) is 0.760. The number of carbonyl (C=O) groups is 2. The van der Waals surface area contributed by atoms with E-state index in [4.69, 9.17) is 5.11 Å². The lowest BCUT2D eigenvalue weighted by Gasteiger charge is -2.12. The van der Waals surface area contributed by atoms with Crippen LogP contribution in [-0.2, 0) is 19.6 Å². The predicted octanol–water partition coefficient (Wildman–Crippen LogP) is -0.732. The number of benzene rings is 1. The van der Waals surface area contributed by atoms with E-state index in [1.54, 1.807) is 18.2 Å². The van der Waals surface area contributed by atoms with Gasteiger partial charge in [-0.3, -0.25) is 19.3 Å². The highest BCUT2D eigenvalue weighted by Gasteiger charge is 2.30. The Morgan fingerprint density at radius 2 is 2.00 bits per heavy atom. The Labute approximate surface area is 121 Å². The number of amidine groups is 1. The molecule has 0 radical (unpaired) electrons. The van der Waals surface area contributed by atoms with Gasteiger partial charge in [0, 0.05) is 12.6 Å². The maximum atomic E-state index is 11.8. The van der Waals surface area contributed by atoms with Crippen molar-refractivity contribution in [2.45, 2.75) is 4.90 Å². The maximum absolute atomic E-state index is 11.8. The number of carboxylic acids is 1. The average molecular weight is 311 g/mol. The molecular weight excluding hydrogens is 298 g/mol.